The van der Waals surface area contributed by atoms with Crippen LogP contribution < -0.4 is 0 Å². The second-order valence-electron chi connectivity index (χ2n) is 16.5. The van der Waals surface area contributed by atoms with E-state index in [0.29, 0.717) is 23.6 Å². The fourth-order valence-electron chi connectivity index (χ4n) is 7.98. The van der Waals surface area contributed by atoms with Crippen LogP contribution in [0.2, 0.25) is 0 Å². The highest BCUT2D eigenvalue weighted by molar-refractivity contribution is 6.00. The number of hydrogen-bond donors (Lipinski definition) is 2. The van der Waals surface area contributed by atoms with Gasteiger partial charge in [-0.2, -0.15) is 0 Å². The van der Waals surface area contributed by atoms with Crippen molar-refractivity contribution in [3.63, 3.8) is 0 Å². The molecule has 2 N–H and O–H groups in total. The van der Waals surface area contributed by atoms with Crippen molar-refractivity contribution >= 4 is 23.2 Å². The summed E-state index contributed by atoms with van der Waals surface area (Å²) in [7, 11) is 3.74. The first kappa shape index (κ1) is 46.1. The number of nitrogens with zero attached hydrogens (tertiary/aromatic N) is 4. The Bertz CT molecular complexity index is 1630. The zero-order chi connectivity index (χ0) is 42.2. The molecule has 0 spiro atoms. The second-order valence-corrected chi connectivity index (χ2v) is 16.5. The summed E-state index contributed by atoms with van der Waals surface area (Å²) < 4.78 is 30.2. The highest BCUT2D eigenvalue weighted by Gasteiger charge is 2.48. The lowest BCUT2D eigenvalue weighted by atomic mass is 9.70. The molecule has 4 rings (SSSR count). The molecule has 4 heterocycles. The summed E-state index contributed by atoms with van der Waals surface area (Å²) in [6.45, 7) is 15.6. The van der Waals surface area contributed by atoms with Crippen LogP contribution in [0.25, 0.3) is 11.5 Å². The van der Waals surface area contributed by atoms with Crippen LogP contribution in [-0.4, -0.2) is 118 Å². The number of carbonyl (C=O) groups excluding carboxylic acids is 3. The van der Waals surface area contributed by atoms with E-state index in [1.165, 1.54) is 6.92 Å². The molecule has 2 saturated heterocycles. The Morgan fingerprint density at radius 2 is 1.84 bits per heavy atom. The Kier molecular flexibility index (Phi) is 16.5. The van der Waals surface area contributed by atoms with Gasteiger partial charge in [-0.05, 0) is 73.5 Å². The summed E-state index contributed by atoms with van der Waals surface area (Å²) in [5.74, 6) is -4.52. The predicted octanol–water partition coefficient (Wildman–Crippen LogP) is 5.01. The Morgan fingerprint density at radius 1 is 1.12 bits per heavy atom. The van der Waals surface area contributed by atoms with Crippen LogP contribution in [0.15, 0.2) is 40.3 Å². The summed E-state index contributed by atoms with van der Waals surface area (Å²) in [4.78, 5) is 53.5. The summed E-state index contributed by atoms with van der Waals surface area (Å²) in [6.07, 6.45) is -0.620. The molecule has 57 heavy (non-hydrogen) atoms. The summed E-state index contributed by atoms with van der Waals surface area (Å²) in [5, 5.41) is 31.8. The Hall–Kier alpha value is -3.60. The van der Waals surface area contributed by atoms with Crippen LogP contribution in [-0.2, 0) is 44.8 Å². The number of carbonyl (C=O) groups is 3. The average molecular weight is 801 g/mol. The molecule has 2 fully saturated rings. The number of hydrogen-bond acceptors (Lipinski definition) is 15. The van der Waals surface area contributed by atoms with Crippen molar-refractivity contribution in [2.75, 3.05) is 20.7 Å². The van der Waals surface area contributed by atoms with Crippen molar-refractivity contribution in [1.82, 2.24) is 15.0 Å². The molecule has 15 heteroatoms. The van der Waals surface area contributed by atoms with Gasteiger partial charge in [-0.1, -0.05) is 51.0 Å². The van der Waals surface area contributed by atoms with Gasteiger partial charge in [0.2, 0.25) is 0 Å². The number of aliphatic hydroxyl groups excluding tert-OH is 1. The molecule has 0 aromatic carbocycles. The lowest BCUT2D eigenvalue weighted by molar-refractivity contribution is -0.282. The molecular formula is C42H64N4O11. The van der Waals surface area contributed by atoms with Gasteiger partial charge < -0.3 is 43.4 Å². The van der Waals surface area contributed by atoms with Crippen molar-refractivity contribution in [3.8, 4) is 11.5 Å². The molecular weight excluding hydrogens is 736 g/mol. The first-order valence-electron chi connectivity index (χ1n) is 20.2. The number of aliphatic hydroxyl groups is 2. The number of esters is 1. The minimum absolute atomic E-state index is 0.0458. The number of aromatic nitrogens is 2. The van der Waals surface area contributed by atoms with E-state index in [-0.39, 0.29) is 56.3 Å². The lowest BCUT2D eigenvalue weighted by Crippen LogP contribution is -2.56. The molecule has 0 saturated carbocycles. The smallest absolute Gasteiger partial charge is 0.316 e. The van der Waals surface area contributed by atoms with Crippen LogP contribution in [0, 0.1) is 29.6 Å². The van der Waals surface area contributed by atoms with E-state index >= 15 is 0 Å². The van der Waals surface area contributed by atoms with E-state index in [1.807, 2.05) is 45.8 Å². The number of Topliss-reactive ketones (excluding diaryl/α,β-unsaturated/α-hetero) is 2. The van der Waals surface area contributed by atoms with Crippen LogP contribution >= 0.6 is 0 Å². The average Bonchev–Trinajstić information content (AvgIpc) is 3.72. The van der Waals surface area contributed by atoms with Crippen molar-refractivity contribution in [1.29, 1.82) is 0 Å². The van der Waals surface area contributed by atoms with Gasteiger partial charge in [0.1, 0.15) is 41.8 Å². The van der Waals surface area contributed by atoms with Gasteiger partial charge in [-0.15, -0.1) is 0 Å². The molecule has 2 aliphatic rings. The van der Waals surface area contributed by atoms with E-state index in [1.54, 1.807) is 59.1 Å². The van der Waals surface area contributed by atoms with Crippen molar-refractivity contribution in [2.24, 2.45) is 34.7 Å². The lowest BCUT2D eigenvalue weighted by Gasteiger charge is -2.43. The first-order valence-corrected chi connectivity index (χ1v) is 20.2. The Morgan fingerprint density at radius 3 is 2.44 bits per heavy atom. The third-order valence-corrected chi connectivity index (χ3v) is 11.6. The van der Waals surface area contributed by atoms with E-state index < -0.39 is 71.7 Å². The van der Waals surface area contributed by atoms with Crippen LogP contribution in [0.1, 0.15) is 93.6 Å². The summed E-state index contributed by atoms with van der Waals surface area (Å²) in [5.41, 5.74) is 0.159. The highest BCUT2D eigenvalue weighted by Crippen LogP contribution is 2.37. The fraction of sp³-hybridized carbons (Fsp3) is 0.714. The number of cyclic esters (lactones) is 1. The van der Waals surface area contributed by atoms with Gasteiger partial charge in [0.15, 0.2) is 17.8 Å². The zero-order valence-corrected chi connectivity index (χ0v) is 35.4. The summed E-state index contributed by atoms with van der Waals surface area (Å²) in [6, 6.07) is 5.07. The Balaban J connectivity index is 1.70. The maximum absolute atomic E-state index is 14.1. The van der Waals surface area contributed by atoms with E-state index in [0.717, 1.165) is 5.56 Å². The van der Waals surface area contributed by atoms with E-state index in [9.17, 15) is 24.6 Å². The molecule has 15 nitrogen and oxygen atoms in total. The number of pyridine rings is 1. The van der Waals surface area contributed by atoms with Gasteiger partial charge in [0.05, 0.1) is 36.8 Å². The maximum atomic E-state index is 14.1. The summed E-state index contributed by atoms with van der Waals surface area (Å²) >= 11 is 0. The fourth-order valence-corrected chi connectivity index (χ4v) is 7.98. The largest absolute Gasteiger partial charge is 0.459 e. The standard InChI is InChI=1S/C42H64N4O11/c1-12-35-42(9,51)31(25(5)36(47)23(2)3)15-14-30(45-53-21-29-13-16-32(43-20-29)34-17-18-44-57-34)22-52-28(8)39(26(6)37(48)27(7)40(50)55-35)56-41-38(49)33(46(10)11)19-24(4)54-41/h13,16-18,20,23-28,31,33,35,38-39,41,49,51H,12,14-15,19,21-22H2,1-11H3/b45-30+/t24-,25-,26+,27-,28?,31-,33?,35-,38-,39-,41+,42+/m1/s1. The maximum Gasteiger partial charge on any atom is 0.316 e. The molecule has 0 radical (unpaired) electrons. The topological polar surface area (TPSA) is 192 Å². The number of rotatable bonds is 11. The SMILES string of the molecule is CC[C@H]1OC(=O)[C@H](C)C(=O)[C@H](C)[C@@H](O[C@@H]2O[C@H](C)CC(N(C)C)[C@H]2O)C(C)OC/C(=N/OCc2ccc(-c3ccno3)nc2)CC[C@H]([C@@H](C)C(=O)C(C)C)[C@]1(C)O. The van der Waals surface area contributed by atoms with Crippen LogP contribution in [0.3, 0.4) is 0 Å². The number of likely N-dealkylation sites (N-methyl/N-ethyl adjacent to an activating group) is 1. The van der Waals surface area contributed by atoms with Gasteiger partial charge in [-0.25, -0.2) is 0 Å². The quantitative estimate of drug-likeness (QED) is 0.175. The molecule has 12 atom stereocenters. The molecule has 0 amide bonds. The highest BCUT2D eigenvalue weighted by atomic mass is 16.7. The molecule has 2 aromatic rings. The molecule has 0 bridgehead atoms. The van der Waals surface area contributed by atoms with Crippen molar-refractivity contribution < 1.29 is 52.9 Å². The van der Waals surface area contributed by atoms with Crippen LogP contribution in [0.4, 0.5) is 0 Å². The molecule has 2 aliphatic heterocycles. The Labute approximate surface area is 336 Å². The number of ketones is 2. The number of oxime groups is 1. The van der Waals surface area contributed by atoms with Gasteiger partial charge in [0.25, 0.3) is 0 Å². The van der Waals surface area contributed by atoms with Crippen LogP contribution in [0.5, 0.6) is 0 Å². The molecule has 318 valence electrons. The molecule has 0 aliphatic carbocycles. The van der Waals surface area contributed by atoms with Gasteiger partial charge in [0, 0.05) is 47.5 Å². The third-order valence-electron chi connectivity index (χ3n) is 11.6. The van der Waals surface area contributed by atoms with Gasteiger partial charge in [-0.3, -0.25) is 19.4 Å². The van der Waals surface area contributed by atoms with Crippen molar-refractivity contribution in [3.05, 3.63) is 36.2 Å². The van der Waals surface area contributed by atoms with Gasteiger partial charge >= 0.3 is 5.97 Å². The monoisotopic (exact) mass is 800 g/mol. The minimum Gasteiger partial charge on any atom is -0.459 e. The molecule has 2 aromatic heterocycles. The van der Waals surface area contributed by atoms with E-state index in [4.69, 9.17) is 28.3 Å². The zero-order valence-electron chi connectivity index (χ0n) is 35.4. The van der Waals surface area contributed by atoms with E-state index in [2.05, 4.69) is 15.3 Å². The first-order chi connectivity index (χ1) is 26.9. The third kappa shape index (κ3) is 11.5. The second kappa shape index (κ2) is 20.4. The minimum atomic E-state index is -1.67. The normalized spacial score (nSPS) is 33.8. The number of ether oxygens (including phenoxy) is 4. The predicted molar refractivity (Wildman–Crippen MR) is 211 cm³/mol. The molecule has 2 unspecified atom stereocenters. The van der Waals surface area contributed by atoms with Crippen molar-refractivity contribution in [2.45, 2.75) is 143 Å².